The fraction of sp³-hybridized carbons (Fsp3) is 0.500. The lowest BCUT2D eigenvalue weighted by Crippen LogP contribution is -2.29. The van der Waals surface area contributed by atoms with Crippen molar-refractivity contribution in [2.75, 3.05) is 0 Å². The van der Waals surface area contributed by atoms with Crippen LogP contribution in [0.1, 0.15) is 44.6 Å². The quantitative estimate of drug-likeness (QED) is 0.657. The van der Waals surface area contributed by atoms with E-state index < -0.39 is 0 Å². The Hall–Kier alpha value is -1.71. The number of nitrogens with one attached hydrogen (secondary N) is 1. The molecule has 1 amide bonds. The van der Waals surface area contributed by atoms with Crippen molar-refractivity contribution in [1.82, 2.24) is 10.4 Å². The van der Waals surface area contributed by atoms with Gasteiger partial charge in [0.1, 0.15) is 0 Å². The van der Waals surface area contributed by atoms with Crippen molar-refractivity contribution >= 4 is 11.6 Å². The summed E-state index contributed by atoms with van der Waals surface area (Å²) >= 11 is 0. The topological polar surface area (TPSA) is 54.4 Å². The van der Waals surface area contributed by atoms with Crippen LogP contribution in [0.5, 0.6) is 0 Å². The van der Waals surface area contributed by atoms with Gasteiger partial charge in [0.2, 0.25) is 5.91 Å². The van der Waals surface area contributed by atoms with Crippen molar-refractivity contribution < 1.29 is 4.79 Å². The normalized spacial score (nSPS) is 17.5. The minimum absolute atomic E-state index is 0.0536. The Kier molecular flexibility index (Phi) is 4.45. The van der Waals surface area contributed by atoms with Crippen LogP contribution in [0.3, 0.4) is 0 Å². The molecule has 0 radical (unpaired) electrons. The molecule has 0 aromatic carbocycles. The molecule has 0 spiro atoms. The zero-order valence-corrected chi connectivity index (χ0v) is 10.7. The molecule has 18 heavy (non-hydrogen) atoms. The molecular formula is C14H19N3O. The van der Waals surface area contributed by atoms with Gasteiger partial charge in [0.05, 0.1) is 5.71 Å². The van der Waals surface area contributed by atoms with E-state index in [4.69, 9.17) is 0 Å². The fourth-order valence-electron chi connectivity index (χ4n) is 2.24. The van der Waals surface area contributed by atoms with Crippen LogP contribution in [0.25, 0.3) is 0 Å². The van der Waals surface area contributed by atoms with E-state index in [-0.39, 0.29) is 11.8 Å². The molecule has 0 aliphatic heterocycles. The molecular weight excluding hydrogens is 226 g/mol. The summed E-state index contributed by atoms with van der Waals surface area (Å²) < 4.78 is 0. The van der Waals surface area contributed by atoms with Crippen molar-refractivity contribution in [1.29, 1.82) is 0 Å². The number of hydrogen-bond acceptors (Lipinski definition) is 3. The summed E-state index contributed by atoms with van der Waals surface area (Å²) in [5, 5.41) is 4.15. The lowest BCUT2D eigenvalue weighted by Gasteiger charge is -2.19. The third-order valence-electron chi connectivity index (χ3n) is 3.39. The second kappa shape index (κ2) is 6.28. The van der Waals surface area contributed by atoms with Crippen LogP contribution < -0.4 is 5.43 Å². The Balaban J connectivity index is 1.91. The Morgan fingerprint density at radius 2 is 2.17 bits per heavy atom. The molecule has 96 valence electrons. The molecule has 2 rings (SSSR count). The Bertz CT molecular complexity index is 422. The van der Waals surface area contributed by atoms with Gasteiger partial charge in [-0.15, -0.1) is 0 Å². The summed E-state index contributed by atoms with van der Waals surface area (Å²) in [5.74, 6) is 0.196. The molecule has 1 aromatic rings. The number of carbonyl (C=O) groups is 1. The van der Waals surface area contributed by atoms with Crippen molar-refractivity contribution in [3.8, 4) is 0 Å². The molecule has 1 fully saturated rings. The van der Waals surface area contributed by atoms with E-state index in [0.29, 0.717) is 0 Å². The van der Waals surface area contributed by atoms with Gasteiger partial charge >= 0.3 is 0 Å². The third-order valence-corrected chi connectivity index (χ3v) is 3.39. The number of aromatic nitrogens is 1. The zero-order chi connectivity index (χ0) is 12.8. The minimum atomic E-state index is 0.0536. The summed E-state index contributed by atoms with van der Waals surface area (Å²) in [6.45, 7) is 1.87. The number of rotatable bonds is 3. The highest BCUT2D eigenvalue weighted by atomic mass is 16.2. The molecule has 1 aromatic heterocycles. The van der Waals surface area contributed by atoms with Crippen molar-refractivity contribution in [2.45, 2.75) is 39.0 Å². The monoisotopic (exact) mass is 245 g/mol. The summed E-state index contributed by atoms with van der Waals surface area (Å²) in [4.78, 5) is 15.9. The molecule has 1 aliphatic rings. The Morgan fingerprint density at radius 1 is 1.39 bits per heavy atom. The number of hydrazone groups is 1. The van der Waals surface area contributed by atoms with E-state index in [0.717, 1.165) is 37.0 Å². The van der Waals surface area contributed by atoms with Crippen molar-refractivity contribution in [3.05, 3.63) is 30.1 Å². The SMILES string of the molecule is C/C(=N/NC(=O)C1CCCCC1)c1cccnc1. The maximum atomic E-state index is 11.9. The molecule has 1 heterocycles. The van der Waals surface area contributed by atoms with E-state index in [2.05, 4.69) is 15.5 Å². The molecule has 0 bridgehead atoms. The predicted molar refractivity (Wildman–Crippen MR) is 71.2 cm³/mol. The maximum Gasteiger partial charge on any atom is 0.243 e. The molecule has 0 atom stereocenters. The van der Waals surface area contributed by atoms with Gasteiger partial charge in [0.15, 0.2) is 0 Å². The highest BCUT2D eigenvalue weighted by molar-refractivity contribution is 5.99. The lowest BCUT2D eigenvalue weighted by molar-refractivity contribution is -0.125. The highest BCUT2D eigenvalue weighted by Gasteiger charge is 2.20. The molecule has 1 saturated carbocycles. The lowest BCUT2D eigenvalue weighted by atomic mass is 9.89. The number of pyridine rings is 1. The van der Waals surface area contributed by atoms with Gasteiger partial charge in [-0.2, -0.15) is 5.10 Å². The van der Waals surface area contributed by atoms with Gasteiger partial charge in [-0.3, -0.25) is 9.78 Å². The molecule has 4 nitrogen and oxygen atoms in total. The first-order valence-corrected chi connectivity index (χ1v) is 6.52. The van der Waals surface area contributed by atoms with E-state index in [1.54, 1.807) is 12.4 Å². The summed E-state index contributed by atoms with van der Waals surface area (Å²) in [7, 11) is 0. The van der Waals surface area contributed by atoms with Crippen molar-refractivity contribution in [3.63, 3.8) is 0 Å². The van der Waals surface area contributed by atoms with Gasteiger partial charge in [-0.1, -0.05) is 25.3 Å². The second-order valence-corrected chi connectivity index (χ2v) is 4.75. The smallest absolute Gasteiger partial charge is 0.243 e. The Labute approximate surface area is 108 Å². The third kappa shape index (κ3) is 3.39. The van der Waals surface area contributed by atoms with Gasteiger partial charge in [-0.25, -0.2) is 5.43 Å². The zero-order valence-electron chi connectivity index (χ0n) is 10.7. The maximum absolute atomic E-state index is 11.9. The van der Waals surface area contributed by atoms with E-state index in [9.17, 15) is 4.79 Å². The first kappa shape index (κ1) is 12.7. The highest BCUT2D eigenvalue weighted by Crippen LogP contribution is 2.23. The Morgan fingerprint density at radius 3 is 2.83 bits per heavy atom. The number of amides is 1. The first-order valence-electron chi connectivity index (χ1n) is 6.52. The summed E-state index contributed by atoms with van der Waals surface area (Å²) in [6, 6.07) is 3.79. The average Bonchev–Trinajstić information content (AvgIpc) is 2.46. The van der Waals surface area contributed by atoms with Crippen LogP contribution in [0.4, 0.5) is 0 Å². The standard InChI is InChI=1S/C14H19N3O/c1-11(13-8-5-9-15-10-13)16-17-14(18)12-6-3-2-4-7-12/h5,8-10,12H,2-4,6-7H2,1H3,(H,17,18)/b16-11-. The van der Waals surface area contributed by atoms with Crippen LogP contribution in [0.2, 0.25) is 0 Å². The average molecular weight is 245 g/mol. The van der Waals surface area contributed by atoms with Crippen LogP contribution in [0.15, 0.2) is 29.6 Å². The minimum Gasteiger partial charge on any atom is -0.273 e. The van der Waals surface area contributed by atoms with E-state index in [1.807, 2.05) is 19.1 Å². The van der Waals surface area contributed by atoms with Crippen LogP contribution in [-0.4, -0.2) is 16.6 Å². The van der Waals surface area contributed by atoms with Gasteiger partial charge in [0, 0.05) is 23.9 Å². The largest absolute Gasteiger partial charge is 0.273 e. The van der Waals surface area contributed by atoms with Crippen molar-refractivity contribution in [2.24, 2.45) is 11.0 Å². The molecule has 0 unspecified atom stereocenters. The molecule has 4 heteroatoms. The first-order chi connectivity index (χ1) is 8.77. The van der Waals surface area contributed by atoms with E-state index >= 15 is 0 Å². The summed E-state index contributed by atoms with van der Waals surface area (Å²) in [5.41, 5.74) is 4.39. The number of nitrogens with zero attached hydrogens (tertiary/aromatic N) is 2. The van der Waals surface area contributed by atoms with E-state index in [1.165, 1.54) is 6.42 Å². The molecule has 1 N–H and O–H groups in total. The van der Waals surface area contributed by atoms with Gasteiger partial charge < -0.3 is 0 Å². The van der Waals surface area contributed by atoms with Gasteiger partial charge in [-0.05, 0) is 25.8 Å². The second-order valence-electron chi connectivity index (χ2n) is 4.75. The fourth-order valence-corrected chi connectivity index (χ4v) is 2.24. The molecule has 0 saturated heterocycles. The number of hydrogen-bond donors (Lipinski definition) is 1. The van der Waals surface area contributed by atoms with Crippen LogP contribution >= 0.6 is 0 Å². The molecule has 1 aliphatic carbocycles. The van der Waals surface area contributed by atoms with Gasteiger partial charge in [0.25, 0.3) is 0 Å². The van der Waals surface area contributed by atoms with Crippen LogP contribution in [-0.2, 0) is 4.79 Å². The summed E-state index contributed by atoms with van der Waals surface area (Å²) in [6.07, 6.45) is 9.01. The van der Waals surface area contributed by atoms with Crippen LogP contribution in [0, 0.1) is 5.92 Å². The number of carbonyl (C=O) groups excluding carboxylic acids is 1. The predicted octanol–water partition coefficient (Wildman–Crippen LogP) is 2.50.